The number of hydrogen-bond acceptors (Lipinski definition) is 3. The van der Waals surface area contributed by atoms with Gasteiger partial charge >= 0.3 is 0 Å². The summed E-state index contributed by atoms with van der Waals surface area (Å²) >= 11 is 0. The van der Waals surface area contributed by atoms with Crippen LogP contribution < -0.4 is 4.72 Å². The van der Waals surface area contributed by atoms with Crippen LogP contribution in [0.3, 0.4) is 0 Å². The Hall–Kier alpha value is -1.47. The average Bonchev–Trinajstić information content (AvgIpc) is 2.35. The zero-order valence-electron chi connectivity index (χ0n) is 11.8. The second-order valence-corrected chi connectivity index (χ2v) is 6.34. The van der Waals surface area contributed by atoms with E-state index in [4.69, 9.17) is 0 Å². The van der Waals surface area contributed by atoms with Gasteiger partial charge in [-0.1, -0.05) is 18.2 Å². The van der Waals surface area contributed by atoms with Gasteiger partial charge in [-0.2, -0.15) is 0 Å². The van der Waals surface area contributed by atoms with Gasteiger partial charge in [-0.05, 0) is 19.9 Å². The monoisotopic (exact) mass is 302 g/mol. The maximum Gasteiger partial charge on any atom is 0.240 e. The number of hydrogen-bond donors (Lipinski definition) is 1. The summed E-state index contributed by atoms with van der Waals surface area (Å²) in [5, 5.41) is 0. The molecule has 0 aliphatic carbocycles. The molecule has 1 aromatic carbocycles. The number of rotatable bonds is 6. The lowest BCUT2D eigenvalue weighted by Gasteiger charge is -2.24. The molecule has 0 aliphatic heterocycles. The number of benzene rings is 1. The van der Waals surface area contributed by atoms with Gasteiger partial charge in [0.05, 0.1) is 12.3 Å². The summed E-state index contributed by atoms with van der Waals surface area (Å²) in [4.78, 5) is 13.5. The van der Waals surface area contributed by atoms with Gasteiger partial charge in [-0.15, -0.1) is 0 Å². The van der Waals surface area contributed by atoms with Crippen LogP contribution in [0.4, 0.5) is 4.39 Å². The predicted molar refractivity (Wildman–Crippen MR) is 74.9 cm³/mol. The van der Waals surface area contributed by atoms with Crippen LogP contribution >= 0.6 is 0 Å². The number of amides is 1. The Labute approximate surface area is 118 Å². The van der Waals surface area contributed by atoms with Gasteiger partial charge in [0.2, 0.25) is 15.9 Å². The van der Waals surface area contributed by atoms with Crippen LogP contribution in [-0.4, -0.2) is 38.1 Å². The van der Waals surface area contributed by atoms with Crippen LogP contribution in [0, 0.1) is 5.82 Å². The lowest BCUT2D eigenvalue weighted by atomic mass is 10.2. The molecular weight excluding hydrogens is 283 g/mol. The first-order valence-electron chi connectivity index (χ1n) is 6.24. The van der Waals surface area contributed by atoms with Gasteiger partial charge < -0.3 is 4.90 Å². The molecule has 7 heteroatoms. The molecule has 1 atom stereocenters. The molecule has 1 N–H and O–H groups in total. The molecule has 0 aromatic heterocycles. The van der Waals surface area contributed by atoms with Gasteiger partial charge in [0.25, 0.3) is 0 Å². The molecule has 20 heavy (non-hydrogen) atoms. The Morgan fingerprint density at radius 3 is 2.50 bits per heavy atom. The lowest BCUT2D eigenvalue weighted by Crippen LogP contribution is -2.46. The number of likely N-dealkylation sites (N-methyl/N-ethyl adjacent to an activating group) is 1. The van der Waals surface area contributed by atoms with E-state index in [0.717, 1.165) is 6.26 Å². The van der Waals surface area contributed by atoms with Gasteiger partial charge in [0.1, 0.15) is 5.82 Å². The second kappa shape index (κ2) is 6.81. The Kier molecular flexibility index (Phi) is 5.64. The van der Waals surface area contributed by atoms with Crippen molar-refractivity contribution in [3.63, 3.8) is 0 Å². The summed E-state index contributed by atoms with van der Waals surface area (Å²) in [6, 6.07) is 5.31. The highest BCUT2D eigenvalue weighted by atomic mass is 32.2. The van der Waals surface area contributed by atoms with E-state index in [1.165, 1.54) is 17.9 Å². The quantitative estimate of drug-likeness (QED) is 0.856. The first-order chi connectivity index (χ1) is 9.24. The van der Waals surface area contributed by atoms with Crippen molar-refractivity contribution in [3.05, 3.63) is 35.6 Å². The van der Waals surface area contributed by atoms with Gasteiger partial charge in [-0.3, -0.25) is 4.79 Å². The van der Waals surface area contributed by atoms with Crippen molar-refractivity contribution in [2.75, 3.05) is 12.8 Å². The largest absolute Gasteiger partial charge is 0.337 e. The normalized spacial score (nSPS) is 13.0. The summed E-state index contributed by atoms with van der Waals surface area (Å²) < 4.78 is 38.0. The maximum absolute atomic E-state index is 13.6. The fourth-order valence-corrected chi connectivity index (χ4v) is 2.57. The lowest BCUT2D eigenvalue weighted by molar-refractivity contribution is -0.133. The van der Waals surface area contributed by atoms with Crippen molar-refractivity contribution < 1.29 is 17.6 Å². The molecule has 5 nitrogen and oxygen atoms in total. The highest BCUT2D eigenvalue weighted by molar-refractivity contribution is 7.88. The summed E-state index contributed by atoms with van der Waals surface area (Å²) in [5.41, 5.74) is 0.397. The van der Waals surface area contributed by atoms with Gasteiger partial charge in [0.15, 0.2) is 0 Å². The van der Waals surface area contributed by atoms with Crippen molar-refractivity contribution in [1.82, 2.24) is 9.62 Å². The Morgan fingerprint density at radius 1 is 1.40 bits per heavy atom. The molecule has 0 heterocycles. The molecule has 0 unspecified atom stereocenters. The average molecular weight is 302 g/mol. The zero-order chi connectivity index (χ0) is 15.3. The number of nitrogens with zero attached hydrogens (tertiary/aromatic N) is 1. The van der Waals surface area contributed by atoms with Crippen molar-refractivity contribution in [3.8, 4) is 0 Å². The summed E-state index contributed by atoms with van der Waals surface area (Å²) in [6.45, 7) is 3.69. The molecule has 1 rings (SSSR count). The number of halogens is 1. The van der Waals surface area contributed by atoms with Crippen molar-refractivity contribution in [2.24, 2.45) is 0 Å². The third-order valence-corrected chi connectivity index (χ3v) is 3.56. The maximum atomic E-state index is 13.6. The summed E-state index contributed by atoms with van der Waals surface area (Å²) in [7, 11) is -3.46. The molecule has 0 radical (unpaired) electrons. The first-order valence-corrected chi connectivity index (χ1v) is 8.13. The highest BCUT2D eigenvalue weighted by Gasteiger charge is 2.22. The molecular formula is C13H19FN2O3S. The number of nitrogens with one attached hydrogen (secondary N) is 1. The van der Waals surface area contributed by atoms with E-state index in [2.05, 4.69) is 4.72 Å². The van der Waals surface area contributed by atoms with E-state index in [-0.39, 0.29) is 18.3 Å². The topological polar surface area (TPSA) is 66.5 Å². The highest BCUT2D eigenvalue weighted by Crippen LogP contribution is 2.11. The Bertz CT molecular complexity index is 575. The van der Waals surface area contributed by atoms with E-state index < -0.39 is 16.1 Å². The third kappa shape index (κ3) is 4.90. The van der Waals surface area contributed by atoms with E-state index in [1.807, 2.05) is 0 Å². The molecule has 1 amide bonds. The van der Waals surface area contributed by atoms with E-state index in [9.17, 15) is 17.6 Å². The van der Waals surface area contributed by atoms with Crippen molar-refractivity contribution in [2.45, 2.75) is 26.4 Å². The third-order valence-electron chi connectivity index (χ3n) is 2.77. The second-order valence-electron chi connectivity index (χ2n) is 4.56. The number of carbonyl (C=O) groups excluding carboxylic acids is 1. The van der Waals surface area contributed by atoms with E-state index >= 15 is 0 Å². The fraction of sp³-hybridized carbons (Fsp3) is 0.462. The minimum Gasteiger partial charge on any atom is -0.337 e. The standard InChI is InChI=1S/C13H19FN2O3S/c1-4-16(9-11-7-5-6-8-12(11)14)13(17)10(2)15-20(3,18)19/h5-8,10,15H,4,9H2,1-3H3/t10-/m1/s1. The Morgan fingerprint density at radius 2 is 2.00 bits per heavy atom. The van der Waals surface area contributed by atoms with Crippen LogP contribution in [0.1, 0.15) is 19.4 Å². The van der Waals surface area contributed by atoms with Crippen LogP contribution in [-0.2, 0) is 21.4 Å². The molecule has 0 saturated carbocycles. The molecule has 0 aliphatic rings. The van der Waals surface area contributed by atoms with Gasteiger partial charge in [-0.25, -0.2) is 17.5 Å². The molecule has 112 valence electrons. The molecule has 0 fully saturated rings. The van der Waals surface area contributed by atoms with Crippen LogP contribution in [0.15, 0.2) is 24.3 Å². The fourth-order valence-electron chi connectivity index (χ4n) is 1.82. The first kappa shape index (κ1) is 16.6. The van der Waals surface area contributed by atoms with Gasteiger partial charge in [0, 0.05) is 18.7 Å². The molecule has 0 spiro atoms. The van der Waals surface area contributed by atoms with Crippen molar-refractivity contribution in [1.29, 1.82) is 0 Å². The predicted octanol–water partition coefficient (Wildman–Crippen LogP) is 1.11. The number of sulfonamides is 1. The molecule has 1 aromatic rings. The van der Waals surface area contributed by atoms with Crippen molar-refractivity contribution >= 4 is 15.9 Å². The zero-order valence-corrected chi connectivity index (χ0v) is 12.6. The smallest absolute Gasteiger partial charge is 0.240 e. The molecule has 0 saturated heterocycles. The minimum absolute atomic E-state index is 0.109. The van der Waals surface area contributed by atoms with Crippen LogP contribution in [0.2, 0.25) is 0 Å². The SMILES string of the molecule is CCN(Cc1ccccc1F)C(=O)[C@@H](C)NS(C)(=O)=O. The van der Waals surface area contributed by atoms with Crippen LogP contribution in [0.25, 0.3) is 0 Å². The molecule has 0 bridgehead atoms. The van der Waals surface area contributed by atoms with Crippen LogP contribution in [0.5, 0.6) is 0 Å². The van der Waals surface area contributed by atoms with E-state index in [1.54, 1.807) is 25.1 Å². The van der Waals surface area contributed by atoms with E-state index in [0.29, 0.717) is 12.1 Å². The Balaban J connectivity index is 2.81. The summed E-state index contributed by atoms with van der Waals surface area (Å²) in [6.07, 6.45) is 0.990. The minimum atomic E-state index is -3.46. The summed E-state index contributed by atoms with van der Waals surface area (Å²) in [5.74, 6) is -0.774. The number of carbonyl (C=O) groups is 1.